The van der Waals surface area contributed by atoms with E-state index >= 15 is 0 Å². The van der Waals surface area contributed by atoms with Crippen LogP contribution in [0.15, 0.2) is 60.7 Å². The summed E-state index contributed by atoms with van der Waals surface area (Å²) in [5, 5.41) is 11.9. The maximum absolute atomic E-state index is 14.6. The van der Waals surface area contributed by atoms with Gasteiger partial charge in [0, 0.05) is 70.4 Å². The summed E-state index contributed by atoms with van der Waals surface area (Å²) < 4.78 is 12.1. The molecule has 0 unspecified atom stereocenters. The van der Waals surface area contributed by atoms with Gasteiger partial charge in [-0.15, -0.1) is 0 Å². The molecule has 14 heteroatoms. The van der Waals surface area contributed by atoms with Crippen molar-refractivity contribution in [3.05, 3.63) is 71.8 Å². The molecule has 372 valence electrons. The van der Waals surface area contributed by atoms with Crippen LogP contribution in [0.2, 0.25) is 0 Å². The number of hydrogen-bond donors (Lipinski definition) is 2. The van der Waals surface area contributed by atoms with Gasteiger partial charge in [0.2, 0.25) is 17.7 Å². The van der Waals surface area contributed by atoms with Gasteiger partial charge in [0.05, 0.1) is 43.3 Å². The van der Waals surface area contributed by atoms with E-state index in [1.807, 2.05) is 89.9 Å². The number of carboxylic acids is 1. The number of amides is 3. The lowest BCUT2D eigenvalue weighted by molar-refractivity contribution is -0.149. The molecule has 2 aromatic rings. The molecule has 3 amide bonds. The van der Waals surface area contributed by atoms with Gasteiger partial charge < -0.3 is 29.7 Å². The van der Waals surface area contributed by atoms with Gasteiger partial charge in [-0.2, -0.15) is 0 Å². The molecule has 1 heterocycles. The molecule has 0 bridgehead atoms. The van der Waals surface area contributed by atoms with Crippen LogP contribution in [0.5, 0.6) is 0 Å². The van der Waals surface area contributed by atoms with Crippen LogP contribution in [0, 0.1) is 35.5 Å². The number of carboxylic acid groups (broad SMARTS) is 1. The molecule has 0 radical (unpaired) electrons. The van der Waals surface area contributed by atoms with Crippen LogP contribution in [0.1, 0.15) is 116 Å². The highest BCUT2D eigenvalue weighted by Gasteiger charge is 2.43. The maximum Gasteiger partial charge on any atom is 0.303 e. The number of ether oxygens (including phenoxy) is 2. The van der Waals surface area contributed by atoms with Gasteiger partial charge in [-0.25, -0.2) is 0 Å². The van der Waals surface area contributed by atoms with Crippen LogP contribution in [-0.2, 0) is 44.7 Å². The maximum atomic E-state index is 14.6. The SMILES string of the molecule is CC[C@H](C)[C@@H]([C@@H](CC(=O)N1CCC[C@H]1[C@H](OC)[C@@H](C)C(=O)C[C@@H](Cc1ccccc1)C(=O)NCC(=O)c1ccccc1)OC)N(C)C(=O)[C@@H](CC(=O)[C@H](C(C)C)N(C)CCCC(=O)O)C(C)C. The molecule has 0 spiro atoms. The van der Waals surface area contributed by atoms with Crippen molar-refractivity contribution in [3.8, 4) is 0 Å². The number of hydrogen-bond acceptors (Lipinski definition) is 10. The van der Waals surface area contributed by atoms with Crippen LogP contribution in [0.3, 0.4) is 0 Å². The predicted molar refractivity (Wildman–Crippen MR) is 259 cm³/mol. The first-order valence-corrected chi connectivity index (χ1v) is 24.3. The third kappa shape index (κ3) is 16.5. The lowest BCUT2D eigenvalue weighted by Crippen LogP contribution is -2.54. The Kier molecular flexibility index (Phi) is 23.5. The van der Waals surface area contributed by atoms with E-state index in [2.05, 4.69) is 5.32 Å². The molecule has 0 aliphatic carbocycles. The first-order valence-electron chi connectivity index (χ1n) is 24.3. The summed E-state index contributed by atoms with van der Waals surface area (Å²) in [5.41, 5.74) is 1.36. The first kappa shape index (κ1) is 56.5. The van der Waals surface area contributed by atoms with Crippen molar-refractivity contribution in [2.24, 2.45) is 35.5 Å². The van der Waals surface area contributed by atoms with Crippen molar-refractivity contribution in [2.75, 3.05) is 47.9 Å². The predicted octanol–water partition coefficient (Wildman–Crippen LogP) is 6.78. The normalized spacial score (nSPS) is 17.6. The summed E-state index contributed by atoms with van der Waals surface area (Å²) >= 11 is 0. The topological polar surface area (TPSA) is 180 Å². The van der Waals surface area contributed by atoms with Gasteiger partial charge in [-0.05, 0) is 62.6 Å². The minimum Gasteiger partial charge on any atom is -0.481 e. The molecular formula is C53H80N4O10. The lowest BCUT2D eigenvalue weighted by atomic mass is 9.83. The van der Waals surface area contributed by atoms with Crippen LogP contribution in [0.4, 0.5) is 0 Å². The first-order chi connectivity index (χ1) is 31.8. The summed E-state index contributed by atoms with van der Waals surface area (Å²) in [7, 11) is 6.63. The highest BCUT2D eigenvalue weighted by atomic mass is 16.5. The Balaban J connectivity index is 1.79. The second-order valence-electron chi connectivity index (χ2n) is 19.3. The summed E-state index contributed by atoms with van der Waals surface area (Å²) in [5.74, 6) is -4.52. The van der Waals surface area contributed by atoms with Gasteiger partial charge in [0.15, 0.2) is 11.6 Å². The van der Waals surface area contributed by atoms with E-state index in [4.69, 9.17) is 14.6 Å². The Morgan fingerprint density at radius 3 is 2.00 bits per heavy atom. The number of methoxy groups -OCH3 is 2. The van der Waals surface area contributed by atoms with E-state index in [1.54, 1.807) is 55.1 Å². The number of likely N-dealkylation sites (N-methyl/N-ethyl adjacent to an activating group) is 2. The Bertz CT molecular complexity index is 1910. The molecule has 1 aliphatic heterocycles. The molecule has 1 aliphatic rings. The van der Waals surface area contributed by atoms with E-state index in [1.165, 1.54) is 7.11 Å². The van der Waals surface area contributed by atoms with Crippen molar-refractivity contribution in [3.63, 3.8) is 0 Å². The minimum absolute atomic E-state index is 0.00479. The van der Waals surface area contributed by atoms with Crippen molar-refractivity contribution < 1.29 is 48.1 Å². The molecule has 0 saturated carbocycles. The molecule has 2 N–H and O–H groups in total. The minimum atomic E-state index is -0.887. The molecule has 2 aromatic carbocycles. The van der Waals surface area contributed by atoms with E-state index < -0.39 is 60.0 Å². The van der Waals surface area contributed by atoms with Crippen molar-refractivity contribution in [1.29, 1.82) is 0 Å². The smallest absolute Gasteiger partial charge is 0.303 e. The van der Waals surface area contributed by atoms with Gasteiger partial charge in [0.25, 0.3) is 0 Å². The molecule has 0 aromatic heterocycles. The summed E-state index contributed by atoms with van der Waals surface area (Å²) in [6.07, 6.45) is 1.27. The molecule has 9 atom stereocenters. The zero-order valence-electron chi connectivity index (χ0n) is 42.1. The highest BCUT2D eigenvalue weighted by Crippen LogP contribution is 2.32. The quantitative estimate of drug-likeness (QED) is 0.0790. The Morgan fingerprint density at radius 1 is 0.821 bits per heavy atom. The zero-order valence-corrected chi connectivity index (χ0v) is 42.1. The largest absolute Gasteiger partial charge is 0.481 e. The van der Waals surface area contributed by atoms with E-state index in [-0.39, 0.29) is 79.1 Å². The van der Waals surface area contributed by atoms with Crippen molar-refractivity contribution >= 4 is 41.0 Å². The van der Waals surface area contributed by atoms with Crippen molar-refractivity contribution in [2.45, 2.75) is 137 Å². The molecule has 14 nitrogen and oxygen atoms in total. The number of nitrogens with zero attached hydrogens (tertiary/aromatic N) is 3. The van der Waals surface area contributed by atoms with Crippen LogP contribution in [-0.4, -0.2) is 139 Å². The second-order valence-corrected chi connectivity index (χ2v) is 19.3. The molecule has 67 heavy (non-hydrogen) atoms. The number of aliphatic carboxylic acids is 1. The van der Waals surface area contributed by atoms with Crippen LogP contribution < -0.4 is 5.32 Å². The number of Topliss-reactive ketones (excluding diaryl/α,β-unsaturated/α-hetero) is 3. The number of likely N-dealkylation sites (tertiary alicyclic amines) is 1. The van der Waals surface area contributed by atoms with E-state index in [0.717, 1.165) is 5.56 Å². The van der Waals surface area contributed by atoms with Crippen LogP contribution in [0.25, 0.3) is 0 Å². The fraction of sp³-hybridized carbons (Fsp3) is 0.642. The number of carbonyl (C=O) groups is 7. The Labute approximate surface area is 399 Å². The van der Waals surface area contributed by atoms with Crippen LogP contribution >= 0.6 is 0 Å². The number of nitrogens with one attached hydrogen (secondary N) is 1. The third-order valence-corrected chi connectivity index (χ3v) is 13.9. The molecule has 1 saturated heterocycles. The standard InChI is InChI=1S/C53H80N4O10/c1-12-36(6)50(56(9)53(65)41(34(2)3)31-44(59)49(35(4)5)55(8)27-20-26-48(62)63)46(66-10)32-47(61)57-28-19-25-42(57)51(67-11)37(7)43(58)30-40(29-38-21-15-13-16-22-38)52(64)54-33-45(60)39-23-17-14-18-24-39/h13-18,21-24,34-37,40-42,46,49-51H,12,19-20,25-33H2,1-11H3,(H,54,64)(H,62,63)/t36-,37-,40+,41-,42-,46+,49-,50-,51+/m0/s1. The van der Waals surface area contributed by atoms with E-state index in [9.17, 15) is 33.6 Å². The number of benzene rings is 2. The monoisotopic (exact) mass is 933 g/mol. The van der Waals surface area contributed by atoms with Crippen molar-refractivity contribution in [1.82, 2.24) is 20.0 Å². The zero-order chi connectivity index (χ0) is 50.0. The Hall–Kier alpha value is -4.79. The number of carbonyl (C=O) groups excluding carboxylic acids is 6. The lowest BCUT2D eigenvalue weighted by Gasteiger charge is -2.41. The van der Waals surface area contributed by atoms with Gasteiger partial charge in [0.1, 0.15) is 5.78 Å². The molecular weight excluding hydrogens is 853 g/mol. The second kappa shape index (κ2) is 27.9. The summed E-state index contributed by atoms with van der Waals surface area (Å²) in [6.45, 7) is 14.3. The van der Waals surface area contributed by atoms with Gasteiger partial charge in [-0.1, -0.05) is 116 Å². The highest BCUT2D eigenvalue weighted by molar-refractivity contribution is 6.00. The van der Waals surface area contributed by atoms with Gasteiger partial charge >= 0.3 is 5.97 Å². The Morgan fingerprint density at radius 2 is 1.45 bits per heavy atom. The summed E-state index contributed by atoms with van der Waals surface area (Å²) in [4.78, 5) is 100. The average Bonchev–Trinajstić information content (AvgIpc) is 3.79. The molecule has 3 rings (SSSR count). The third-order valence-electron chi connectivity index (χ3n) is 13.9. The van der Waals surface area contributed by atoms with Gasteiger partial charge in [-0.3, -0.25) is 38.5 Å². The van der Waals surface area contributed by atoms with E-state index in [0.29, 0.717) is 50.8 Å². The fourth-order valence-corrected chi connectivity index (χ4v) is 9.92. The average molecular weight is 933 g/mol. The molecule has 1 fully saturated rings. The summed E-state index contributed by atoms with van der Waals surface area (Å²) in [6, 6.07) is 16.7. The number of ketones is 3. The number of rotatable bonds is 30. The fourth-order valence-electron chi connectivity index (χ4n) is 9.92.